The van der Waals surface area contributed by atoms with Gasteiger partial charge in [-0.2, -0.15) is 0 Å². The lowest BCUT2D eigenvalue weighted by Crippen LogP contribution is -1.98. The molecule has 4 heteroatoms. The molecule has 0 aliphatic heterocycles. The first-order chi connectivity index (χ1) is 7.97. The zero-order valence-corrected chi connectivity index (χ0v) is 11.9. The van der Waals surface area contributed by atoms with Gasteiger partial charge in [-0.3, -0.25) is 4.98 Å². The van der Waals surface area contributed by atoms with Crippen LogP contribution in [0.5, 0.6) is 0 Å². The number of fused-ring (bicyclic) bond motifs is 1. The van der Waals surface area contributed by atoms with Crippen molar-refractivity contribution in [2.24, 2.45) is 5.92 Å². The van der Waals surface area contributed by atoms with Crippen LogP contribution in [0.2, 0.25) is 5.02 Å². The smallest absolute Gasteiger partial charge is 0.139 e. The van der Waals surface area contributed by atoms with E-state index in [-0.39, 0.29) is 5.82 Å². The van der Waals surface area contributed by atoms with Gasteiger partial charge in [0, 0.05) is 17.1 Å². The van der Waals surface area contributed by atoms with Crippen molar-refractivity contribution in [1.29, 1.82) is 0 Å². The summed E-state index contributed by atoms with van der Waals surface area (Å²) in [6, 6.07) is 4.93. The summed E-state index contributed by atoms with van der Waals surface area (Å²) >= 11 is 9.33. The van der Waals surface area contributed by atoms with E-state index in [1.54, 1.807) is 6.07 Å². The molecule has 0 unspecified atom stereocenters. The van der Waals surface area contributed by atoms with Gasteiger partial charge in [0.2, 0.25) is 0 Å². The Morgan fingerprint density at radius 1 is 1.35 bits per heavy atom. The van der Waals surface area contributed by atoms with Crippen molar-refractivity contribution < 1.29 is 4.39 Å². The van der Waals surface area contributed by atoms with Crippen LogP contribution in [0, 0.1) is 11.7 Å². The fraction of sp³-hybridized carbons (Fsp3) is 0.308. The van der Waals surface area contributed by atoms with E-state index in [1.807, 2.05) is 6.07 Å². The molecule has 1 aromatic heterocycles. The molecular formula is C13H12BrClFN. The van der Waals surface area contributed by atoms with Gasteiger partial charge in [-0.05, 0) is 40.4 Å². The summed E-state index contributed by atoms with van der Waals surface area (Å²) in [6.45, 7) is 4.23. The van der Waals surface area contributed by atoms with Crippen LogP contribution in [-0.2, 0) is 6.42 Å². The minimum absolute atomic E-state index is 0.317. The van der Waals surface area contributed by atoms with Gasteiger partial charge in [0.15, 0.2) is 0 Å². The maximum atomic E-state index is 13.4. The first-order valence-corrected chi connectivity index (χ1v) is 6.58. The molecule has 0 saturated carbocycles. The van der Waals surface area contributed by atoms with Crippen molar-refractivity contribution >= 4 is 38.4 Å². The first-order valence-electron chi connectivity index (χ1n) is 5.41. The predicted molar refractivity (Wildman–Crippen MR) is 73.0 cm³/mol. The van der Waals surface area contributed by atoms with Crippen LogP contribution in [0.3, 0.4) is 0 Å². The van der Waals surface area contributed by atoms with Crippen molar-refractivity contribution in [2.45, 2.75) is 20.3 Å². The Morgan fingerprint density at radius 2 is 2.06 bits per heavy atom. The molecule has 17 heavy (non-hydrogen) atoms. The molecule has 0 radical (unpaired) electrons. The van der Waals surface area contributed by atoms with E-state index in [0.717, 1.165) is 17.5 Å². The molecular weight excluding hydrogens is 305 g/mol. The number of rotatable bonds is 2. The van der Waals surface area contributed by atoms with Crippen LogP contribution in [0.25, 0.3) is 10.9 Å². The largest absolute Gasteiger partial charge is 0.253 e. The van der Waals surface area contributed by atoms with Crippen molar-refractivity contribution in [3.05, 3.63) is 39.2 Å². The van der Waals surface area contributed by atoms with E-state index in [9.17, 15) is 4.39 Å². The summed E-state index contributed by atoms with van der Waals surface area (Å²) in [5, 5.41) is 1.39. The van der Waals surface area contributed by atoms with E-state index >= 15 is 0 Å². The molecule has 1 heterocycles. The second-order valence-electron chi connectivity index (χ2n) is 4.48. The maximum absolute atomic E-state index is 13.4. The molecule has 0 aliphatic carbocycles. The summed E-state index contributed by atoms with van der Waals surface area (Å²) in [5.41, 5.74) is 1.51. The van der Waals surface area contributed by atoms with Gasteiger partial charge in [-0.15, -0.1) is 0 Å². The van der Waals surface area contributed by atoms with Crippen molar-refractivity contribution in [1.82, 2.24) is 4.98 Å². The topological polar surface area (TPSA) is 12.9 Å². The molecule has 0 aliphatic rings. The van der Waals surface area contributed by atoms with E-state index in [1.165, 1.54) is 6.07 Å². The quantitative estimate of drug-likeness (QED) is 0.760. The molecule has 2 rings (SSSR count). The summed E-state index contributed by atoms with van der Waals surface area (Å²) in [7, 11) is 0. The van der Waals surface area contributed by atoms with Crippen LogP contribution in [-0.4, -0.2) is 4.98 Å². The summed E-state index contributed by atoms with van der Waals surface area (Å²) in [5.74, 6) is 0.180. The van der Waals surface area contributed by atoms with Gasteiger partial charge in [0.1, 0.15) is 5.82 Å². The second-order valence-corrected chi connectivity index (χ2v) is 5.74. The van der Waals surface area contributed by atoms with Gasteiger partial charge in [-0.25, -0.2) is 4.39 Å². The lowest BCUT2D eigenvalue weighted by Gasteiger charge is -2.08. The Hall–Kier alpha value is -0.670. The monoisotopic (exact) mass is 315 g/mol. The van der Waals surface area contributed by atoms with Crippen LogP contribution >= 0.6 is 27.5 Å². The highest BCUT2D eigenvalue weighted by atomic mass is 79.9. The van der Waals surface area contributed by atoms with Gasteiger partial charge >= 0.3 is 0 Å². The lowest BCUT2D eigenvalue weighted by atomic mass is 10.1. The third-order valence-electron chi connectivity index (χ3n) is 2.47. The Bertz CT molecular complexity index is 569. The van der Waals surface area contributed by atoms with Gasteiger partial charge in [-0.1, -0.05) is 25.4 Å². The Labute approximate surface area is 113 Å². The molecule has 90 valence electrons. The number of halogens is 3. The molecule has 1 nitrogen and oxygen atoms in total. The zero-order chi connectivity index (χ0) is 12.6. The number of hydrogen-bond donors (Lipinski definition) is 0. The number of aromatic nitrogens is 1. The van der Waals surface area contributed by atoms with Gasteiger partial charge < -0.3 is 0 Å². The SMILES string of the molecule is CC(C)Cc1cc(Cl)c2cc(Br)c(F)cc2n1. The molecule has 2 aromatic rings. The molecule has 0 amide bonds. The standard InChI is InChI=1S/C13H12BrClFN/c1-7(2)3-8-4-11(15)9-5-10(14)12(16)6-13(9)17-8/h4-7H,3H2,1-2H3. The number of nitrogens with zero attached hydrogens (tertiary/aromatic N) is 1. The van der Waals surface area contributed by atoms with Crippen molar-refractivity contribution in [3.63, 3.8) is 0 Å². The zero-order valence-electron chi connectivity index (χ0n) is 9.60. The molecule has 0 spiro atoms. The Balaban J connectivity index is 2.60. The van der Waals surface area contributed by atoms with Crippen molar-refractivity contribution in [2.75, 3.05) is 0 Å². The molecule has 0 N–H and O–H groups in total. The van der Waals surface area contributed by atoms with E-state index in [4.69, 9.17) is 11.6 Å². The Morgan fingerprint density at radius 3 is 2.71 bits per heavy atom. The second kappa shape index (κ2) is 4.91. The fourth-order valence-corrected chi connectivity index (χ4v) is 2.37. The molecule has 1 aromatic carbocycles. The summed E-state index contributed by atoms with van der Waals surface area (Å²) < 4.78 is 13.9. The minimum Gasteiger partial charge on any atom is -0.253 e. The third-order valence-corrected chi connectivity index (χ3v) is 3.39. The van der Waals surface area contributed by atoms with Gasteiger partial charge in [0.05, 0.1) is 15.0 Å². The van der Waals surface area contributed by atoms with Gasteiger partial charge in [0.25, 0.3) is 0 Å². The summed E-state index contributed by atoms with van der Waals surface area (Å²) in [4.78, 5) is 4.43. The molecule has 0 bridgehead atoms. The first kappa shape index (κ1) is 12.8. The van der Waals surface area contributed by atoms with Crippen molar-refractivity contribution in [3.8, 4) is 0 Å². The number of hydrogen-bond acceptors (Lipinski definition) is 1. The van der Waals surface area contributed by atoms with E-state index in [2.05, 4.69) is 34.8 Å². The molecule has 0 saturated heterocycles. The number of pyridine rings is 1. The minimum atomic E-state index is -0.317. The van der Waals surface area contributed by atoms with Crippen LogP contribution in [0.15, 0.2) is 22.7 Å². The molecule has 0 fully saturated rings. The van der Waals surface area contributed by atoms with Crippen LogP contribution in [0.1, 0.15) is 19.5 Å². The normalized spacial score (nSPS) is 11.4. The highest BCUT2D eigenvalue weighted by molar-refractivity contribution is 9.10. The number of benzene rings is 1. The van der Waals surface area contributed by atoms with E-state index < -0.39 is 0 Å². The van der Waals surface area contributed by atoms with E-state index in [0.29, 0.717) is 20.9 Å². The molecule has 0 atom stereocenters. The van der Waals surface area contributed by atoms with Crippen LogP contribution in [0.4, 0.5) is 4.39 Å². The Kier molecular flexibility index (Phi) is 3.69. The predicted octanol–water partition coefficient (Wildman–Crippen LogP) is 4.99. The van der Waals surface area contributed by atoms with Crippen LogP contribution < -0.4 is 0 Å². The highest BCUT2D eigenvalue weighted by Crippen LogP contribution is 2.28. The average Bonchev–Trinajstić information content (AvgIpc) is 2.20. The average molecular weight is 317 g/mol. The summed E-state index contributed by atoms with van der Waals surface area (Å²) in [6.07, 6.45) is 0.841. The lowest BCUT2D eigenvalue weighted by molar-refractivity contribution is 0.622. The maximum Gasteiger partial charge on any atom is 0.139 e. The third kappa shape index (κ3) is 2.78. The fourth-order valence-electron chi connectivity index (χ4n) is 1.75. The highest BCUT2D eigenvalue weighted by Gasteiger charge is 2.09.